The third-order valence-corrected chi connectivity index (χ3v) is 6.43. The zero-order valence-corrected chi connectivity index (χ0v) is 13.4. The van der Waals surface area contributed by atoms with E-state index in [0.717, 1.165) is 6.42 Å². The molecule has 0 saturated heterocycles. The van der Waals surface area contributed by atoms with Crippen LogP contribution >= 0.6 is 15.9 Å². The Hall–Kier alpha value is -0.430. The number of nitrogens with zero attached hydrogens (tertiary/aromatic N) is 1. The smallest absolute Gasteiger partial charge is 0.243 e. The van der Waals surface area contributed by atoms with Gasteiger partial charge in [-0.05, 0) is 51.9 Å². The summed E-state index contributed by atoms with van der Waals surface area (Å²) < 4.78 is 26.8. The summed E-state index contributed by atoms with van der Waals surface area (Å²) in [5.74, 6) is 1.10. The van der Waals surface area contributed by atoms with Gasteiger partial charge in [0.15, 0.2) is 0 Å². The van der Waals surface area contributed by atoms with E-state index in [2.05, 4.69) is 22.9 Å². The Morgan fingerprint density at radius 2 is 2.11 bits per heavy atom. The highest BCUT2D eigenvalue weighted by atomic mass is 79.9. The molecule has 0 aromatic heterocycles. The fourth-order valence-corrected chi connectivity index (χ4v) is 4.41. The molecule has 0 bridgehead atoms. The van der Waals surface area contributed by atoms with Crippen LogP contribution in [0.4, 0.5) is 0 Å². The van der Waals surface area contributed by atoms with Crippen molar-refractivity contribution in [3.8, 4) is 0 Å². The first-order chi connectivity index (χ1) is 8.86. The number of benzene rings is 1. The highest BCUT2D eigenvalue weighted by Gasteiger charge is 2.36. The number of halogens is 1. The lowest BCUT2D eigenvalue weighted by atomic mass is 10.2. The standard InChI is InChI=1S/C13H18BrNO3S/c1-9-5-11(9)7-15(2)19(17,18)13-4-3-10(8-16)6-12(13)14/h3-4,6,9,11,16H,5,7-8H2,1-2H3. The summed E-state index contributed by atoms with van der Waals surface area (Å²) >= 11 is 3.27. The Bertz CT molecular complexity index is 573. The van der Waals surface area contributed by atoms with Crippen LogP contribution in [0.1, 0.15) is 18.9 Å². The number of hydrogen-bond donors (Lipinski definition) is 1. The zero-order valence-electron chi connectivity index (χ0n) is 11.0. The molecule has 106 valence electrons. The molecule has 1 aromatic carbocycles. The third kappa shape index (κ3) is 3.18. The van der Waals surface area contributed by atoms with Crippen LogP contribution in [0.25, 0.3) is 0 Å². The van der Waals surface area contributed by atoms with Crippen molar-refractivity contribution in [2.45, 2.75) is 24.8 Å². The van der Waals surface area contributed by atoms with Crippen LogP contribution < -0.4 is 0 Å². The van der Waals surface area contributed by atoms with Gasteiger partial charge in [0.05, 0.1) is 11.5 Å². The van der Waals surface area contributed by atoms with E-state index < -0.39 is 10.0 Å². The molecule has 4 nitrogen and oxygen atoms in total. The Morgan fingerprint density at radius 3 is 2.58 bits per heavy atom. The maximum atomic E-state index is 12.5. The molecule has 2 rings (SSSR count). The lowest BCUT2D eigenvalue weighted by Gasteiger charge is -2.18. The second-order valence-electron chi connectivity index (χ2n) is 5.18. The van der Waals surface area contributed by atoms with Crippen LogP contribution in [-0.2, 0) is 16.6 Å². The van der Waals surface area contributed by atoms with Crippen molar-refractivity contribution in [1.82, 2.24) is 4.31 Å². The number of hydrogen-bond acceptors (Lipinski definition) is 3. The van der Waals surface area contributed by atoms with E-state index in [-0.39, 0.29) is 11.5 Å². The molecule has 2 atom stereocenters. The van der Waals surface area contributed by atoms with Crippen LogP contribution in [0, 0.1) is 11.8 Å². The summed E-state index contributed by atoms with van der Waals surface area (Å²) in [6.07, 6.45) is 1.10. The van der Waals surface area contributed by atoms with Gasteiger partial charge < -0.3 is 5.11 Å². The summed E-state index contributed by atoms with van der Waals surface area (Å²) in [5, 5.41) is 9.04. The lowest BCUT2D eigenvalue weighted by molar-refractivity contribution is 0.281. The number of sulfonamides is 1. The predicted octanol–water partition coefficient (Wildman–Crippen LogP) is 2.22. The average Bonchev–Trinajstić information content (AvgIpc) is 3.04. The monoisotopic (exact) mass is 347 g/mol. The van der Waals surface area contributed by atoms with Gasteiger partial charge >= 0.3 is 0 Å². The molecule has 0 heterocycles. The van der Waals surface area contributed by atoms with E-state index in [0.29, 0.717) is 28.4 Å². The molecule has 19 heavy (non-hydrogen) atoms. The van der Waals surface area contributed by atoms with Crippen LogP contribution in [-0.4, -0.2) is 31.4 Å². The molecular weight excluding hydrogens is 330 g/mol. The maximum Gasteiger partial charge on any atom is 0.243 e. The quantitative estimate of drug-likeness (QED) is 0.888. The predicted molar refractivity (Wildman–Crippen MR) is 77.2 cm³/mol. The van der Waals surface area contributed by atoms with Crippen LogP contribution in [0.3, 0.4) is 0 Å². The Labute approximate surface area is 122 Å². The van der Waals surface area contributed by atoms with Crippen molar-refractivity contribution >= 4 is 26.0 Å². The molecule has 6 heteroatoms. The lowest BCUT2D eigenvalue weighted by Crippen LogP contribution is -2.29. The van der Waals surface area contributed by atoms with E-state index in [9.17, 15) is 8.42 Å². The van der Waals surface area contributed by atoms with Crippen molar-refractivity contribution in [2.75, 3.05) is 13.6 Å². The summed E-state index contributed by atoms with van der Waals surface area (Å²) in [6.45, 7) is 2.60. The van der Waals surface area contributed by atoms with Gasteiger partial charge in [0.2, 0.25) is 10.0 Å². The van der Waals surface area contributed by atoms with Gasteiger partial charge in [-0.2, -0.15) is 0 Å². The van der Waals surface area contributed by atoms with Gasteiger partial charge in [-0.3, -0.25) is 0 Å². The molecule has 1 aliphatic carbocycles. The fraction of sp³-hybridized carbons (Fsp3) is 0.538. The van der Waals surface area contributed by atoms with E-state index in [1.165, 1.54) is 10.4 Å². The van der Waals surface area contributed by atoms with Crippen LogP contribution in [0.2, 0.25) is 0 Å². The number of rotatable bonds is 5. The second-order valence-corrected chi connectivity index (χ2v) is 8.05. The molecule has 0 aliphatic heterocycles. The summed E-state index contributed by atoms with van der Waals surface area (Å²) in [4.78, 5) is 0.250. The van der Waals surface area contributed by atoms with Crippen molar-refractivity contribution in [1.29, 1.82) is 0 Å². The van der Waals surface area contributed by atoms with E-state index in [1.54, 1.807) is 19.2 Å². The molecular formula is C13H18BrNO3S. The van der Waals surface area contributed by atoms with E-state index in [1.807, 2.05) is 0 Å². The summed E-state index contributed by atoms with van der Waals surface area (Å²) in [7, 11) is -1.85. The minimum Gasteiger partial charge on any atom is -0.392 e. The fourth-order valence-electron chi connectivity index (χ4n) is 2.10. The van der Waals surface area contributed by atoms with E-state index in [4.69, 9.17) is 5.11 Å². The molecule has 0 radical (unpaired) electrons. The van der Waals surface area contributed by atoms with Crippen molar-refractivity contribution in [2.24, 2.45) is 11.8 Å². The second kappa shape index (κ2) is 5.52. The summed E-state index contributed by atoms with van der Waals surface area (Å²) in [5.41, 5.74) is 0.685. The molecule has 1 saturated carbocycles. The minimum absolute atomic E-state index is 0.103. The zero-order chi connectivity index (χ0) is 14.2. The first-order valence-electron chi connectivity index (χ1n) is 6.22. The largest absolute Gasteiger partial charge is 0.392 e. The van der Waals surface area contributed by atoms with Gasteiger partial charge in [0.25, 0.3) is 0 Å². The molecule has 1 aliphatic rings. The molecule has 1 N–H and O–H groups in total. The number of aliphatic hydroxyl groups is 1. The molecule has 1 aromatic rings. The number of aliphatic hydroxyl groups excluding tert-OH is 1. The molecule has 0 spiro atoms. The van der Waals surface area contributed by atoms with Crippen molar-refractivity contribution in [3.63, 3.8) is 0 Å². The van der Waals surface area contributed by atoms with Crippen LogP contribution in [0.5, 0.6) is 0 Å². The van der Waals surface area contributed by atoms with Crippen molar-refractivity contribution in [3.05, 3.63) is 28.2 Å². The van der Waals surface area contributed by atoms with Gasteiger partial charge in [-0.15, -0.1) is 0 Å². The SMILES string of the molecule is CC1CC1CN(C)S(=O)(=O)c1ccc(CO)cc1Br. The van der Waals surface area contributed by atoms with E-state index >= 15 is 0 Å². The Kier molecular flexibility index (Phi) is 4.35. The Morgan fingerprint density at radius 1 is 1.47 bits per heavy atom. The molecule has 2 unspecified atom stereocenters. The van der Waals surface area contributed by atoms with Gasteiger partial charge in [0.1, 0.15) is 0 Å². The Balaban J connectivity index is 2.23. The highest BCUT2D eigenvalue weighted by Crippen LogP contribution is 2.39. The van der Waals surface area contributed by atoms with Crippen molar-refractivity contribution < 1.29 is 13.5 Å². The normalized spacial score (nSPS) is 22.8. The topological polar surface area (TPSA) is 57.6 Å². The van der Waals surface area contributed by atoms with Crippen LogP contribution in [0.15, 0.2) is 27.6 Å². The maximum absolute atomic E-state index is 12.5. The summed E-state index contributed by atoms with van der Waals surface area (Å²) in [6, 6.07) is 4.81. The third-order valence-electron chi connectivity index (χ3n) is 3.63. The molecule has 0 amide bonds. The minimum atomic E-state index is -3.47. The molecule has 1 fully saturated rings. The van der Waals surface area contributed by atoms with Gasteiger partial charge in [-0.1, -0.05) is 13.0 Å². The van der Waals surface area contributed by atoms with Gasteiger partial charge in [-0.25, -0.2) is 12.7 Å². The first kappa shape index (κ1) is 15.0. The van der Waals surface area contributed by atoms with Gasteiger partial charge in [0, 0.05) is 18.1 Å². The average molecular weight is 348 g/mol. The first-order valence-corrected chi connectivity index (χ1v) is 8.45. The highest BCUT2D eigenvalue weighted by molar-refractivity contribution is 9.10.